The van der Waals surface area contributed by atoms with Crippen LogP contribution < -0.4 is 0 Å². The quantitative estimate of drug-likeness (QED) is 0.0189. The number of allylic oxidation sites excluding steroid dienone is 6. The van der Waals surface area contributed by atoms with Gasteiger partial charge in [-0.3, -0.25) is 19.2 Å². The van der Waals surface area contributed by atoms with Crippen LogP contribution in [0.1, 0.15) is 160 Å². The van der Waals surface area contributed by atoms with Gasteiger partial charge in [-0.25, -0.2) is 4.79 Å². The number of rotatable bonds is 32. The Balaban J connectivity index is 1.45. The van der Waals surface area contributed by atoms with Crippen LogP contribution in [-0.2, 0) is 52.1 Å². The predicted octanol–water partition coefficient (Wildman–Crippen LogP) is 10.4. The van der Waals surface area contributed by atoms with Gasteiger partial charge in [0.1, 0.15) is 24.0 Å². The third-order valence-corrected chi connectivity index (χ3v) is 22.6. The van der Waals surface area contributed by atoms with Crippen LogP contribution in [-0.4, -0.2) is 147 Å². The summed E-state index contributed by atoms with van der Waals surface area (Å²) in [5.74, 6) is -5.93. The first-order valence-electron chi connectivity index (χ1n) is 28.8. The van der Waals surface area contributed by atoms with Gasteiger partial charge in [0.25, 0.3) is 11.7 Å². The lowest BCUT2D eigenvalue weighted by Crippen LogP contribution is -2.60. The normalized spacial score (nSPS) is 27.1. The number of likely N-dealkylation sites (tertiary alicyclic amines) is 1. The molecule has 2 saturated heterocycles. The van der Waals surface area contributed by atoms with Crippen molar-refractivity contribution in [3.63, 3.8) is 0 Å². The largest absolute Gasteiger partial charge is 0.480 e. The van der Waals surface area contributed by atoms with Crippen molar-refractivity contribution < 1.29 is 67.4 Å². The number of carboxylic acid groups (broad SMARTS) is 1. The minimum Gasteiger partial charge on any atom is -0.480 e. The highest BCUT2D eigenvalue weighted by Gasteiger charge is 2.53. The molecule has 0 aromatic carbocycles. The molecule has 0 aromatic heterocycles. The fourth-order valence-corrected chi connectivity index (χ4v) is 13.7. The fourth-order valence-electron chi connectivity index (χ4n) is 11.3. The number of nitrogens with zero attached hydrogens (tertiary/aromatic N) is 1. The lowest BCUT2D eigenvalue weighted by atomic mass is 9.79. The van der Waals surface area contributed by atoms with Crippen LogP contribution in [0.2, 0.25) is 18.1 Å². The number of hydrogen-bond donors (Lipinski definition) is 3. The molecule has 3 N–H and O–H groups in total. The molecule has 3 fully saturated rings. The maximum absolute atomic E-state index is 13.7. The molecule has 0 bridgehead atoms. The summed E-state index contributed by atoms with van der Waals surface area (Å²) in [6.45, 7) is 28.3. The van der Waals surface area contributed by atoms with Crippen molar-refractivity contribution in [2.24, 2.45) is 41.4 Å². The highest BCUT2D eigenvalue weighted by Crippen LogP contribution is 2.45. The van der Waals surface area contributed by atoms with E-state index in [1.165, 1.54) is 7.11 Å². The second-order valence-corrected chi connectivity index (χ2v) is 29.1. The van der Waals surface area contributed by atoms with E-state index in [1.807, 2.05) is 58.1 Å². The van der Waals surface area contributed by atoms with Gasteiger partial charge in [0, 0.05) is 58.5 Å². The van der Waals surface area contributed by atoms with Gasteiger partial charge in [-0.15, -0.1) is 0 Å². The summed E-state index contributed by atoms with van der Waals surface area (Å²) in [5.41, 5.74) is 1.40. The molecule has 0 spiro atoms. The van der Waals surface area contributed by atoms with Crippen LogP contribution in [0.4, 0.5) is 0 Å². The zero-order valence-corrected chi connectivity index (χ0v) is 51.1. The van der Waals surface area contributed by atoms with Gasteiger partial charge >= 0.3 is 5.97 Å². The van der Waals surface area contributed by atoms with Crippen molar-refractivity contribution in [1.82, 2.24) is 4.90 Å². The Morgan fingerprint density at radius 3 is 2.17 bits per heavy atom. The molecule has 1 amide bonds. The van der Waals surface area contributed by atoms with Gasteiger partial charge in [0.2, 0.25) is 5.79 Å². The first-order valence-corrected chi connectivity index (χ1v) is 31.7. The smallest absolute Gasteiger partial charge is 0.326 e. The van der Waals surface area contributed by atoms with Crippen LogP contribution in [0, 0.1) is 41.4 Å². The summed E-state index contributed by atoms with van der Waals surface area (Å²) in [6, 6.07) is -1.12. The predicted molar refractivity (Wildman–Crippen MR) is 304 cm³/mol. The molecule has 0 unspecified atom stereocenters. The van der Waals surface area contributed by atoms with Crippen LogP contribution in [0.15, 0.2) is 47.6 Å². The second kappa shape index (κ2) is 31.7. The minimum absolute atomic E-state index is 0.0215. The Labute approximate surface area is 464 Å². The molecule has 14 atom stereocenters. The molecular formula is C61H103NO14Si. The maximum Gasteiger partial charge on any atom is 0.326 e. The summed E-state index contributed by atoms with van der Waals surface area (Å²) < 4.78 is 36.1. The second-order valence-electron chi connectivity index (χ2n) is 24.5. The van der Waals surface area contributed by atoms with E-state index in [-0.39, 0.29) is 47.7 Å². The van der Waals surface area contributed by atoms with Gasteiger partial charge < -0.3 is 48.3 Å². The lowest BCUT2D eigenvalue weighted by molar-refractivity contribution is -0.265. The number of ketones is 3. The van der Waals surface area contributed by atoms with Crippen molar-refractivity contribution in [3.8, 4) is 0 Å². The van der Waals surface area contributed by atoms with Crippen molar-refractivity contribution in [3.05, 3.63) is 47.6 Å². The average molecular weight is 1100 g/mol. The van der Waals surface area contributed by atoms with Gasteiger partial charge in [-0.05, 0) is 137 Å². The van der Waals surface area contributed by atoms with E-state index in [2.05, 4.69) is 47.7 Å². The Bertz CT molecular complexity index is 2030. The number of carbonyl (C=O) groups excluding carboxylic acids is 4. The number of aliphatic hydroxyl groups excluding tert-OH is 1. The Hall–Kier alpha value is -3.19. The maximum atomic E-state index is 13.7. The number of ether oxygens (including phenoxy) is 5. The molecule has 16 heteroatoms. The Morgan fingerprint density at radius 1 is 0.857 bits per heavy atom. The summed E-state index contributed by atoms with van der Waals surface area (Å²) in [6.07, 6.45) is 16.5. The summed E-state index contributed by atoms with van der Waals surface area (Å²) in [7, 11) is 2.85. The zero-order chi connectivity index (χ0) is 58.0. The van der Waals surface area contributed by atoms with Gasteiger partial charge in [0.15, 0.2) is 14.1 Å². The number of aliphatic carboxylic acids is 1. The van der Waals surface area contributed by atoms with Gasteiger partial charge in [-0.1, -0.05) is 98.8 Å². The zero-order valence-electron chi connectivity index (χ0n) is 50.1. The van der Waals surface area contributed by atoms with Crippen molar-refractivity contribution in [1.29, 1.82) is 0 Å². The van der Waals surface area contributed by atoms with Crippen LogP contribution in [0.5, 0.6) is 0 Å². The topological polar surface area (TPSA) is 205 Å². The monoisotopic (exact) mass is 1100 g/mol. The standard InChI is InChI=1S/C61H103NO14Si/c1-39(2)60(10,11)77(15,16)75-33-32-74-51-30-27-47(37-53(51)72-13)35-41(4)25-29-50(63)43(6)36-45(8)55(65)56(73-14)54(64)44(7)34-40(3)22-18-17-19-23-42(5)52(71-12)38-48-28-26-46(9)61(70,76-48)57(66)58(67)62-31-21-20-24-49(62)59(68)69/h17-19,22-23,36,39-41,43-44,46-49,51-53,55-56,65,70H,20-21,24-35,37-38H2,1-16H3,(H,68,69)/b19-17+,22-18+,42-23+,45-36+/t40-,41+,43-,44-,46-,47+,48+,49+,51-,52+,53-,55-,56+,61-/m1/s1. The van der Waals surface area contributed by atoms with Crippen molar-refractivity contribution in [2.75, 3.05) is 41.1 Å². The number of carbonyl (C=O) groups is 5. The molecule has 0 radical (unpaired) electrons. The van der Waals surface area contributed by atoms with Crippen molar-refractivity contribution in [2.45, 2.75) is 226 Å². The highest BCUT2D eigenvalue weighted by atomic mass is 28.4. The molecule has 3 aliphatic rings. The van der Waals surface area contributed by atoms with Gasteiger partial charge in [-0.2, -0.15) is 0 Å². The van der Waals surface area contributed by atoms with Crippen molar-refractivity contribution >= 4 is 37.5 Å². The highest BCUT2D eigenvalue weighted by molar-refractivity contribution is 6.74. The third kappa shape index (κ3) is 19.5. The molecule has 2 aliphatic heterocycles. The average Bonchev–Trinajstić information content (AvgIpc) is 3.38. The summed E-state index contributed by atoms with van der Waals surface area (Å²) in [4.78, 5) is 66.7. The molecule has 2 heterocycles. The number of piperidine rings is 1. The molecule has 1 saturated carbocycles. The number of Topliss-reactive ketones (excluding diaryl/α,β-unsaturated/α-hetero) is 3. The molecule has 0 aromatic rings. The van der Waals surface area contributed by atoms with Crippen LogP contribution >= 0.6 is 0 Å². The SMILES string of the molecule is CO[C@@H](C[C@@H]1CC[C@@H](C)[C@](O)(C(=O)C(=O)N2CCCC[C@H]2C(=O)O)O1)/C(C)=C/C=C/C=C/[C@@H](C)C[C@@H](C)C(=O)[C@H](OC)[C@H](O)/C(C)=C/[C@@H](C)C(=O)CC[C@H](C)C[C@@H]1CC[C@@H](OCCO[Si](C)(C)C(C)(C)C(C)C)[C@H](OC)C1. The number of amides is 1. The minimum atomic E-state index is -2.38. The van der Waals surface area contributed by atoms with E-state index < -0.39 is 80.0 Å². The van der Waals surface area contributed by atoms with E-state index in [1.54, 1.807) is 34.1 Å². The summed E-state index contributed by atoms with van der Waals surface area (Å²) >= 11 is 0. The number of hydrogen-bond acceptors (Lipinski definition) is 13. The molecular weight excluding hydrogens is 999 g/mol. The molecule has 15 nitrogen and oxygen atoms in total. The van der Waals surface area contributed by atoms with E-state index in [9.17, 15) is 39.3 Å². The fraction of sp³-hybridized carbons (Fsp3) is 0.787. The van der Waals surface area contributed by atoms with E-state index in [0.29, 0.717) is 81.5 Å². The number of carboxylic acids is 1. The number of aliphatic hydroxyl groups is 2. The first kappa shape index (κ1) is 68.1. The van der Waals surface area contributed by atoms with E-state index >= 15 is 0 Å². The van der Waals surface area contributed by atoms with Gasteiger partial charge in [0.05, 0.1) is 37.6 Å². The number of methoxy groups -OCH3 is 3. The molecule has 1 aliphatic carbocycles. The molecule has 440 valence electrons. The Morgan fingerprint density at radius 2 is 1.55 bits per heavy atom. The molecule has 77 heavy (non-hydrogen) atoms. The molecule has 3 rings (SSSR count). The lowest BCUT2D eigenvalue weighted by Gasteiger charge is -2.42. The van der Waals surface area contributed by atoms with Crippen LogP contribution in [0.3, 0.4) is 0 Å². The van der Waals surface area contributed by atoms with E-state index in [0.717, 1.165) is 42.6 Å². The first-order chi connectivity index (χ1) is 36.1. The van der Waals surface area contributed by atoms with Crippen LogP contribution in [0.25, 0.3) is 0 Å². The Kier molecular flexibility index (Phi) is 28.0. The third-order valence-electron chi connectivity index (χ3n) is 17.9. The van der Waals surface area contributed by atoms with E-state index in [4.69, 9.17) is 28.1 Å². The summed E-state index contributed by atoms with van der Waals surface area (Å²) in [5, 5.41) is 32.7.